The molecule has 10 heavy (non-hydrogen) atoms. The summed E-state index contributed by atoms with van der Waals surface area (Å²) in [5.74, 6) is 0. The maximum atomic E-state index is 10.4. The normalized spacial score (nSPS) is 21.6. The minimum atomic E-state index is -3.40. The van der Waals surface area contributed by atoms with Crippen molar-refractivity contribution in [3.8, 4) is 11.3 Å². The van der Waals surface area contributed by atoms with E-state index in [0.29, 0.717) is 43.5 Å². The van der Waals surface area contributed by atoms with E-state index in [1.54, 1.807) is 0 Å². The fourth-order valence-corrected chi connectivity index (χ4v) is 3.47. The van der Waals surface area contributed by atoms with Gasteiger partial charge >= 0.3 is 83.9 Å². The van der Waals surface area contributed by atoms with E-state index in [0.717, 1.165) is 0 Å². The van der Waals surface area contributed by atoms with E-state index in [-0.39, 0.29) is 0 Å². The Hall–Kier alpha value is 1.52. The van der Waals surface area contributed by atoms with Gasteiger partial charge in [0, 0.05) is 0 Å². The molecule has 0 heterocycles. The minimum absolute atomic E-state index is 0.661. The molecule has 0 saturated carbocycles. The van der Waals surface area contributed by atoms with Gasteiger partial charge in [-0.2, -0.15) is 0 Å². The first-order valence-electron chi connectivity index (χ1n) is 1.86. The van der Waals surface area contributed by atoms with Crippen molar-refractivity contribution in [1.29, 1.82) is 0 Å². The molecule has 0 aliphatic carbocycles. The third-order valence-electron chi connectivity index (χ3n) is 0.341. The van der Waals surface area contributed by atoms with Gasteiger partial charge in [-0.1, -0.05) is 0 Å². The summed E-state index contributed by atoms with van der Waals surface area (Å²) in [4.78, 5) is 17.1. The molecule has 4 nitrogen and oxygen atoms in total. The second-order valence-electron chi connectivity index (χ2n) is 1.31. The molecule has 0 saturated heterocycles. The summed E-state index contributed by atoms with van der Waals surface area (Å²) in [6.07, 6.45) is 0. The number of hydrogen-bond donors (Lipinski definition) is 2. The van der Waals surface area contributed by atoms with Crippen LogP contribution >= 0.6 is 10.1 Å². The second kappa shape index (κ2) is 3.96. The van der Waals surface area contributed by atoms with E-state index >= 15 is 0 Å². The van der Waals surface area contributed by atoms with Crippen LogP contribution in [0.5, 0.6) is 0 Å². The average molecular weight is 409 g/mol. The predicted molar refractivity (Wildman–Crippen MR) is 41.7 cm³/mol. The second-order valence-corrected chi connectivity index (χ2v) is 13.2. The van der Waals surface area contributed by atoms with E-state index in [1.165, 1.54) is 0 Å². The SMILES string of the molecule is O=P(O)([TeH])C#CP(=O)(O)[TeH]. The van der Waals surface area contributed by atoms with Crippen molar-refractivity contribution in [1.82, 2.24) is 0 Å². The Morgan fingerprint density at radius 3 is 1.30 bits per heavy atom. The number of rotatable bonds is 0. The average Bonchev–Trinajstić information content (AvgIpc) is 1.57. The molecule has 0 aromatic carbocycles. The van der Waals surface area contributed by atoms with Gasteiger partial charge in [0.1, 0.15) is 0 Å². The molecule has 2 unspecified atom stereocenters. The molecule has 0 bridgehead atoms. The molecule has 0 aromatic rings. The van der Waals surface area contributed by atoms with Crippen LogP contribution in [0.4, 0.5) is 0 Å². The van der Waals surface area contributed by atoms with Crippen molar-refractivity contribution < 1.29 is 18.9 Å². The van der Waals surface area contributed by atoms with E-state index in [1.807, 2.05) is 11.3 Å². The first kappa shape index (κ1) is 11.5. The molecule has 0 aromatic heterocycles. The van der Waals surface area contributed by atoms with Crippen LogP contribution in [-0.2, 0) is 9.13 Å². The zero-order chi connectivity index (χ0) is 8.41. The fourth-order valence-electron chi connectivity index (χ4n) is 0.130. The van der Waals surface area contributed by atoms with E-state index in [2.05, 4.69) is 0 Å². The number of hydrogen-bond acceptors (Lipinski definition) is 2. The summed E-state index contributed by atoms with van der Waals surface area (Å²) < 4.78 is 20.9. The van der Waals surface area contributed by atoms with Crippen LogP contribution in [0.1, 0.15) is 0 Å². The van der Waals surface area contributed by atoms with Crippen LogP contribution < -0.4 is 0 Å². The molecule has 2 N–H and O–H groups in total. The van der Waals surface area contributed by atoms with Crippen LogP contribution in [0.2, 0.25) is 0 Å². The van der Waals surface area contributed by atoms with Crippen molar-refractivity contribution in [2.75, 3.05) is 0 Å². The van der Waals surface area contributed by atoms with Gasteiger partial charge in [-0.3, -0.25) is 0 Å². The van der Waals surface area contributed by atoms with Gasteiger partial charge in [-0.05, 0) is 0 Å². The van der Waals surface area contributed by atoms with Gasteiger partial charge in [0.15, 0.2) is 0 Å². The Bertz CT molecular complexity index is 237. The zero-order valence-electron chi connectivity index (χ0n) is 4.50. The van der Waals surface area contributed by atoms with Gasteiger partial charge in [-0.25, -0.2) is 0 Å². The molecule has 0 aliphatic heterocycles. The Kier molecular flexibility index (Phi) is 4.56. The Morgan fingerprint density at radius 1 is 1.00 bits per heavy atom. The van der Waals surface area contributed by atoms with Gasteiger partial charge < -0.3 is 0 Å². The quantitative estimate of drug-likeness (QED) is 0.308. The molecule has 0 fully saturated rings. The molecule has 0 rings (SSSR count). The molecule has 8 heteroatoms. The van der Waals surface area contributed by atoms with Crippen molar-refractivity contribution >= 4 is 53.6 Å². The first-order valence-corrected chi connectivity index (χ1v) is 11.9. The zero-order valence-corrected chi connectivity index (χ0v) is 11.4. The van der Waals surface area contributed by atoms with Gasteiger partial charge in [-0.15, -0.1) is 0 Å². The molecular weight excluding hydrogens is 405 g/mol. The van der Waals surface area contributed by atoms with E-state index in [4.69, 9.17) is 9.79 Å². The molecule has 58 valence electrons. The first-order chi connectivity index (χ1) is 4.21. The summed E-state index contributed by atoms with van der Waals surface area (Å²) in [5.41, 5.74) is 3.69. The van der Waals surface area contributed by atoms with Crippen molar-refractivity contribution in [2.24, 2.45) is 0 Å². The summed E-state index contributed by atoms with van der Waals surface area (Å²) in [6, 6.07) is 0. The topological polar surface area (TPSA) is 74.6 Å². The summed E-state index contributed by atoms with van der Waals surface area (Å²) in [5, 5.41) is -6.79. The van der Waals surface area contributed by atoms with Crippen LogP contribution in [0, 0.1) is 11.3 Å². The fraction of sp³-hybridized carbons (Fsp3) is 0. The van der Waals surface area contributed by atoms with Gasteiger partial charge in [0.25, 0.3) is 0 Å². The summed E-state index contributed by atoms with van der Waals surface area (Å²) >= 11 is 1.32. The molecule has 2 atom stereocenters. The standard InChI is InChI=1S/C2H4O4P2Te2/c3-7(4,9)1-2-8(5,6)10/h(H2,3,4,9)(H2,5,6,10). The molecule has 0 radical (unpaired) electrons. The third-order valence-corrected chi connectivity index (χ3v) is 3.04. The monoisotopic (exact) mass is 414 g/mol. The van der Waals surface area contributed by atoms with E-state index in [9.17, 15) is 9.13 Å². The Labute approximate surface area is 83.2 Å². The van der Waals surface area contributed by atoms with Crippen molar-refractivity contribution in [3.05, 3.63) is 0 Å². The molecule has 0 spiro atoms. The van der Waals surface area contributed by atoms with Crippen molar-refractivity contribution in [2.45, 2.75) is 0 Å². The molecule has 0 aliphatic rings. The van der Waals surface area contributed by atoms with Crippen LogP contribution in [0.15, 0.2) is 0 Å². The Balaban J connectivity index is 4.51. The Morgan fingerprint density at radius 2 is 1.20 bits per heavy atom. The maximum absolute atomic E-state index is 10.4. The summed E-state index contributed by atoms with van der Waals surface area (Å²) in [7, 11) is 0. The van der Waals surface area contributed by atoms with E-state index < -0.39 is 10.1 Å². The predicted octanol–water partition coefficient (Wildman–Crippen LogP) is -0.923. The summed E-state index contributed by atoms with van der Waals surface area (Å²) in [6.45, 7) is 0. The molecular formula is C2H4O4P2Te2. The third kappa shape index (κ3) is 9.52. The van der Waals surface area contributed by atoms with Crippen LogP contribution in [0.25, 0.3) is 0 Å². The van der Waals surface area contributed by atoms with Gasteiger partial charge in [0.05, 0.1) is 0 Å². The van der Waals surface area contributed by atoms with Crippen molar-refractivity contribution in [3.63, 3.8) is 0 Å². The molecule has 0 amide bonds. The van der Waals surface area contributed by atoms with Crippen LogP contribution in [-0.4, -0.2) is 53.3 Å². The van der Waals surface area contributed by atoms with Gasteiger partial charge in [0.2, 0.25) is 0 Å². The van der Waals surface area contributed by atoms with Crippen LogP contribution in [0.3, 0.4) is 0 Å².